The standard InChI is InChI=1S/C21H15BrN2O3/c1-11-16(21(26)27)10-23-18(11)9-15-19-14(12-5-7-13(22)8-6-12)3-2-4-17(19)24-20(15)25/h2-10,23H,1H3,(H,24,25)(H,26,27)/b15-9-. The van der Waals surface area contributed by atoms with Gasteiger partial charge in [0.1, 0.15) is 0 Å². The molecule has 1 amide bonds. The van der Waals surface area contributed by atoms with Crippen LogP contribution in [0.5, 0.6) is 0 Å². The fourth-order valence-electron chi connectivity index (χ4n) is 3.29. The molecule has 0 atom stereocenters. The van der Waals surface area contributed by atoms with Crippen LogP contribution >= 0.6 is 15.9 Å². The molecule has 0 radical (unpaired) electrons. The summed E-state index contributed by atoms with van der Waals surface area (Å²) < 4.78 is 0.979. The number of halogens is 1. The lowest BCUT2D eigenvalue weighted by atomic mass is 9.94. The maximum atomic E-state index is 12.6. The van der Waals surface area contributed by atoms with Crippen LogP contribution < -0.4 is 5.32 Å². The second-order valence-electron chi connectivity index (χ2n) is 6.29. The average molecular weight is 423 g/mol. The van der Waals surface area contributed by atoms with Gasteiger partial charge in [-0.1, -0.05) is 40.2 Å². The van der Waals surface area contributed by atoms with Crippen LogP contribution in [0.2, 0.25) is 0 Å². The molecule has 0 saturated heterocycles. The third-order valence-electron chi connectivity index (χ3n) is 4.68. The van der Waals surface area contributed by atoms with E-state index in [1.54, 1.807) is 13.0 Å². The van der Waals surface area contributed by atoms with Gasteiger partial charge in [-0.15, -0.1) is 0 Å². The Kier molecular flexibility index (Phi) is 4.20. The predicted molar refractivity (Wildman–Crippen MR) is 109 cm³/mol. The molecule has 4 rings (SSSR count). The highest BCUT2D eigenvalue weighted by Gasteiger charge is 2.28. The number of carboxylic acid groups (broad SMARTS) is 1. The van der Waals surface area contributed by atoms with E-state index in [1.807, 2.05) is 42.5 Å². The van der Waals surface area contributed by atoms with E-state index >= 15 is 0 Å². The van der Waals surface area contributed by atoms with Gasteiger partial charge in [-0.3, -0.25) is 4.79 Å². The third kappa shape index (κ3) is 2.98. The highest BCUT2D eigenvalue weighted by Crippen LogP contribution is 2.40. The van der Waals surface area contributed by atoms with Crippen LogP contribution in [-0.2, 0) is 4.79 Å². The SMILES string of the molecule is Cc1c(C(=O)O)c[nH]c1/C=C1\C(=O)Nc2cccc(-c3ccc(Br)cc3)c21. The Hall–Kier alpha value is -3.12. The lowest BCUT2D eigenvalue weighted by molar-refractivity contribution is -0.110. The molecule has 2 heterocycles. The molecule has 0 bridgehead atoms. The summed E-state index contributed by atoms with van der Waals surface area (Å²) in [5, 5.41) is 12.1. The molecule has 1 aliphatic rings. The van der Waals surface area contributed by atoms with Crippen LogP contribution in [0.15, 0.2) is 53.1 Å². The molecule has 0 fully saturated rings. The maximum Gasteiger partial charge on any atom is 0.337 e. The van der Waals surface area contributed by atoms with E-state index in [0.29, 0.717) is 16.8 Å². The molecular formula is C21H15BrN2O3. The lowest BCUT2D eigenvalue weighted by Gasteiger charge is -2.09. The van der Waals surface area contributed by atoms with E-state index in [9.17, 15) is 14.7 Å². The van der Waals surface area contributed by atoms with Crippen LogP contribution in [0, 0.1) is 6.92 Å². The third-order valence-corrected chi connectivity index (χ3v) is 5.21. The second kappa shape index (κ2) is 6.55. The lowest BCUT2D eigenvalue weighted by Crippen LogP contribution is -2.03. The first kappa shape index (κ1) is 17.3. The van der Waals surface area contributed by atoms with Gasteiger partial charge in [0.15, 0.2) is 0 Å². The van der Waals surface area contributed by atoms with Crippen molar-refractivity contribution >= 4 is 45.1 Å². The zero-order valence-corrected chi connectivity index (χ0v) is 15.9. The van der Waals surface area contributed by atoms with Gasteiger partial charge in [-0.05, 0) is 47.9 Å². The molecule has 134 valence electrons. The number of aromatic nitrogens is 1. The minimum absolute atomic E-state index is 0.196. The first-order valence-corrected chi connectivity index (χ1v) is 9.08. The average Bonchev–Trinajstić information content (AvgIpc) is 3.16. The molecule has 27 heavy (non-hydrogen) atoms. The fourth-order valence-corrected chi connectivity index (χ4v) is 3.55. The highest BCUT2D eigenvalue weighted by atomic mass is 79.9. The number of carbonyl (C=O) groups is 2. The normalized spacial score (nSPS) is 14.3. The van der Waals surface area contributed by atoms with E-state index in [0.717, 1.165) is 26.9 Å². The molecule has 5 nitrogen and oxygen atoms in total. The monoisotopic (exact) mass is 422 g/mol. The highest BCUT2D eigenvalue weighted by molar-refractivity contribution is 9.10. The van der Waals surface area contributed by atoms with Crippen molar-refractivity contribution < 1.29 is 14.7 Å². The molecule has 6 heteroatoms. The summed E-state index contributed by atoms with van der Waals surface area (Å²) in [6.45, 7) is 1.72. The number of aromatic carboxylic acids is 1. The number of benzene rings is 2. The molecule has 3 N–H and O–H groups in total. The minimum atomic E-state index is -1.000. The number of carboxylic acids is 1. The largest absolute Gasteiger partial charge is 0.478 e. The van der Waals surface area contributed by atoms with Crippen molar-refractivity contribution in [3.05, 3.63) is 75.5 Å². The predicted octanol–water partition coefficient (Wildman–Crippen LogP) is 4.94. The summed E-state index contributed by atoms with van der Waals surface area (Å²) in [4.78, 5) is 26.8. The Labute approximate surface area is 163 Å². The number of aromatic amines is 1. The molecule has 1 aromatic heterocycles. The van der Waals surface area contributed by atoms with E-state index < -0.39 is 5.97 Å². The van der Waals surface area contributed by atoms with Crippen LogP contribution in [0.3, 0.4) is 0 Å². The molecule has 0 aliphatic carbocycles. The van der Waals surface area contributed by atoms with Crippen molar-refractivity contribution in [1.29, 1.82) is 0 Å². The summed E-state index contributed by atoms with van der Waals surface area (Å²) in [7, 11) is 0. The van der Waals surface area contributed by atoms with Crippen molar-refractivity contribution in [2.24, 2.45) is 0 Å². The number of hydrogen-bond acceptors (Lipinski definition) is 2. The van der Waals surface area contributed by atoms with Crippen molar-refractivity contribution in [2.45, 2.75) is 6.92 Å². The summed E-state index contributed by atoms with van der Waals surface area (Å²) in [6.07, 6.45) is 3.16. The van der Waals surface area contributed by atoms with E-state index in [1.165, 1.54) is 6.20 Å². The Morgan fingerprint density at radius 3 is 2.56 bits per heavy atom. The van der Waals surface area contributed by atoms with Crippen molar-refractivity contribution in [2.75, 3.05) is 5.32 Å². The molecule has 0 saturated carbocycles. The van der Waals surface area contributed by atoms with Crippen molar-refractivity contribution in [3.63, 3.8) is 0 Å². The number of nitrogens with one attached hydrogen (secondary N) is 2. The smallest absolute Gasteiger partial charge is 0.337 e. The molecule has 0 unspecified atom stereocenters. The Morgan fingerprint density at radius 2 is 1.89 bits per heavy atom. The molecule has 0 spiro atoms. The first-order chi connectivity index (χ1) is 13.0. The van der Waals surface area contributed by atoms with Crippen LogP contribution in [0.4, 0.5) is 5.69 Å². The number of rotatable bonds is 3. The number of hydrogen-bond donors (Lipinski definition) is 3. The number of amides is 1. The van der Waals surface area contributed by atoms with Crippen molar-refractivity contribution in [1.82, 2.24) is 4.98 Å². The number of carbonyl (C=O) groups excluding carboxylic acids is 1. The maximum absolute atomic E-state index is 12.6. The minimum Gasteiger partial charge on any atom is -0.478 e. The van der Waals surface area contributed by atoms with Gasteiger partial charge >= 0.3 is 5.97 Å². The Morgan fingerprint density at radius 1 is 1.15 bits per heavy atom. The van der Waals surface area contributed by atoms with Crippen LogP contribution in [-0.4, -0.2) is 22.0 Å². The first-order valence-electron chi connectivity index (χ1n) is 8.29. The zero-order chi connectivity index (χ0) is 19.1. The summed E-state index contributed by atoms with van der Waals surface area (Å²) >= 11 is 3.44. The van der Waals surface area contributed by atoms with Gasteiger partial charge in [0.25, 0.3) is 5.91 Å². The van der Waals surface area contributed by atoms with E-state index in [2.05, 4.69) is 26.2 Å². The topological polar surface area (TPSA) is 82.2 Å². The summed E-state index contributed by atoms with van der Waals surface area (Å²) in [5.74, 6) is -1.21. The Balaban J connectivity index is 1.88. The van der Waals surface area contributed by atoms with Crippen LogP contribution in [0.25, 0.3) is 22.8 Å². The quantitative estimate of drug-likeness (QED) is 0.522. The van der Waals surface area contributed by atoms with E-state index in [-0.39, 0.29) is 11.5 Å². The van der Waals surface area contributed by atoms with E-state index in [4.69, 9.17) is 0 Å². The molecule has 1 aliphatic heterocycles. The molecule has 3 aromatic rings. The Bertz CT molecular complexity index is 1110. The van der Waals surface area contributed by atoms with Gasteiger partial charge in [0.2, 0.25) is 0 Å². The van der Waals surface area contributed by atoms with Crippen molar-refractivity contribution in [3.8, 4) is 11.1 Å². The van der Waals surface area contributed by atoms with Gasteiger partial charge in [-0.25, -0.2) is 4.79 Å². The van der Waals surface area contributed by atoms with Gasteiger partial charge in [0, 0.05) is 27.6 Å². The number of anilines is 1. The van der Waals surface area contributed by atoms with Gasteiger partial charge in [0.05, 0.1) is 11.1 Å². The molecular weight excluding hydrogens is 408 g/mol. The number of H-pyrrole nitrogens is 1. The second-order valence-corrected chi connectivity index (χ2v) is 7.21. The zero-order valence-electron chi connectivity index (χ0n) is 14.3. The number of fused-ring (bicyclic) bond motifs is 1. The summed E-state index contributed by atoms with van der Waals surface area (Å²) in [6, 6.07) is 13.6. The van der Waals surface area contributed by atoms with Gasteiger partial charge < -0.3 is 15.4 Å². The van der Waals surface area contributed by atoms with Gasteiger partial charge in [-0.2, -0.15) is 0 Å². The fraction of sp³-hybridized carbons (Fsp3) is 0.0476. The molecule has 2 aromatic carbocycles. The van der Waals surface area contributed by atoms with Crippen LogP contribution in [0.1, 0.15) is 27.2 Å². The summed E-state index contributed by atoms with van der Waals surface area (Å²) in [5.41, 5.74) is 5.39.